The maximum Gasteiger partial charge on any atom is 0.316 e. The van der Waals surface area contributed by atoms with Crippen LogP contribution in [-0.4, -0.2) is 34.5 Å². The number of benzene rings is 1. The lowest BCUT2D eigenvalue weighted by Crippen LogP contribution is -2.62. The van der Waals surface area contributed by atoms with Gasteiger partial charge >= 0.3 is 5.97 Å². The normalized spacial score (nSPS) is 32.1. The van der Waals surface area contributed by atoms with E-state index in [9.17, 15) is 9.59 Å². The quantitative estimate of drug-likeness (QED) is 0.738. The van der Waals surface area contributed by atoms with Crippen molar-refractivity contribution in [1.82, 2.24) is 4.90 Å². The zero-order valence-corrected chi connectivity index (χ0v) is 12.2. The third-order valence-corrected chi connectivity index (χ3v) is 4.69. The van der Waals surface area contributed by atoms with Gasteiger partial charge in [-0.3, -0.25) is 9.59 Å². The molecule has 0 bridgehead atoms. The molecule has 106 valence electrons. The van der Waals surface area contributed by atoms with Gasteiger partial charge in [-0.15, -0.1) is 0 Å². The Bertz CT molecular complexity index is 595. The van der Waals surface area contributed by atoms with E-state index in [1.165, 1.54) is 0 Å². The Hall–Kier alpha value is -1.84. The van der Waals surface area contributed by atoms with E-state index in [0.29, 0.717) is 5.56 Å². The van der Waals surface area contributed by atoms with E-state index in [2.05, 4.69) is 0 Å². The van der Waals surface area contributed by atoms with Gasteiger partial charge in [0.2, 0.25) is 0 Å². The van der Waals surface area contributed by atoms with Crippen LogP contribution in [0.25, 0.3) is 0 Å². The molecule has 0 spiro atoms. The van der Waals surface area contributed by atoms with Crippen molar-refractivity contribution in [1.29, 1.82) is 0 Å². The predicted molar refractivity (Wildman–Crippen MR) is 74.4 cm³/mol. The number of hydrogen-bond acceptors (Lipinski definition) is 3. The zero-order valence-electron chi connectivity index (χ0n) is 12.2. The summed E-state index contributed by atoms with van der Waals surface area (Å²) in [5.74, 6) is -0.640. The molecule has 0 aliphatic carbocycles. The molecule has 20 heavy (non-hydrogen) atoms. The second-order valence-corrected chi connectivity index (χ2v) is 6.09. The second-order valence-electron chi connectivity index (χ2n) is 6.09. The lowest BCUT2D eigenvalue weighted by molar-refractivity contribution is -0.142. The zero-order chi connectivity index (χ0) is 14.7. The average molecular weight is 273 g/mol. The standard InChI is InChI=1S/C16H19NO3/c1-9(2)17-14(18)12-8-6-5-7-11(12)13-15(19)20-10(3)16(13,17)4/h5-10,13H,1-4H3/t10-,13+,16-/m0/s1. The number of ether oxygens (including phenoxy) is 1. The molecular formula is C16H19NO3. The Kier molecular flexibility index (Phi) is 2.68. The highest BCUT2D eigenvalue weighted by Gasteiger charge is 2.61. The fourth-order valence-electron chi connectivity index (χ4n) is 3.69. The van der Waals surface area contributed by atoms with Crippen molar-refractivity contribution in [3.8, 4) is 0 Å². The number of hydrogen-bond donors (Lipinski definition) is 0. The number of fused-ring (bicyclic) bond motifs is 3. The van der Waals surface area contributed by atoms with Crippen molar-refractivity contribution < 1.29 is 14.3 Å². The van der Waals surface area contributed by atoms with Gasteiger partial charge in [0.25, 0.3) is 5.91 Å². The molecule has 2 aliphatic heterocycles. The Balaban J connectivity index is 2.28. The summed E-state index contributed by atoms with van der Waals surface area (Å²) in [4.78, 5) is 26.9. The van der Waals surface area contributed by atoms with Gasteiger partial charge in [-0.05, 0) is 39.3 Å². The molecule has 1 aromatic rings. The van der Waals surface area contributed by atoms with Gasteiger partial charge in [0.15, 0.2) is 0 Å². The minimum absolute atomic E-state index is 0.0142. The van der Waals surface area contributed by atoms with Crippen molar-refractivity contribution in [2.45, 2.75) is 51.3 Å². The van der Waals surface area contributed by atoms with Crippen LogP contribution >= 0.6 is 0 Å². The van der Waals surface area contributed by atoms with Crippen LogP contribution in [0.2, 0.25) is 0 Å². The summed E-state index contributed by atoms with van der Waals surface area (Å²) in [5, 5.41) is 0. The van der Waals surface area contributed by atoms with Crippen LogP contribution in [0.5, 0.6) is 0 Å². The Morgan fingerprint density at radius 3 is 2.55 bits per heavy atom. The van der Waals surface area contributed by atoms with Crippen LogP contribution in [0.3, 0.4) is 0 Å². The molecule has 2 aliphatic rings. The Morgan fingerprint density at radius 1 is 1.25 bits per heavy atom. The van der Waals surface area contributed by atoms with E-state index in [4.69, 9.17) is 4.74 Å². The molecule has 1 fully saturated rings. The Morgan fingerprint density at radius 2 is 1.90 bits per heavy atom. The summed E-state index contributed by atoms with van der Waals surface area (Å²) in [7, 11) is 0. The minimum Gasteiger partial charge on any atom is -0.460 e. The first kappa shape index (κ1) is 13.2. The molecule has 1 saturated heterocycles. The van der Waals surface area contributed by atoms with Crippen molar-refractivity contribution in [2.24, 2.45) is 0 Å². The highest BCUT2D eigenvalue weighted by atomic mass is 16.6. The summed E-state index contributed by atoms with van der Waals surface area (Å²) >= 11 is 0. The lowest BCUT2D eigenvalue weighted by atomic mass is 9.72. The molecule has 0 unspecified atom stereocenters. The number of nitrogens with zero attached hydrogens (tertiary/aromatic N) is 1. The molecule has 0 radical (unpaired) electrons. The number of esters is 1. The van der Waals surface area contributed by atoms with E-state index in [1.807, 2.05) is 50.8 Å². The van der Waals surface area contributed by atoms with Gasteiger partial charge in [0.1, 0.15) is 12.0 Å². The maximum atomic E-state index is 12.8. The summed E-state index contributed by atoms with van der Waals surface area (Å²) in [6, 6.07) is 7.38. The molecule has 3 rings (SSSR count). The largest absolute Gasteiger partial charge is 0.460 e. The third-order valence-electron chi connectivity index (χ3n) is 4.69. The molecule has 1 aromatic carbocycles. The second kappa shape index (κ2) is 4.08. The Labute approximate surface area is 118 Å². The molecule has 1 amide bonds. The van der Waals surface area contributed by atoms with Crippen LogP contribution in [0.4, 0.5) is 0 Å². The first-order valence-electron chi connectivity index (χ1n) is 7.02. The highest BCUT2D eigenvalue weighted by Crippen LogP contribution is 2.49. The summed E-state index contributed by atoms with van der Waals surface area (Å²) in [5.41, 5.74) is 0.803. The van der Waals surface area contributed by atoms with Crippen molar-refractivity contribution >= 4 is 11.9 Å². The molecule has 0 aromatic heterocycles. The molecular weight excluding hydrogens is 254 g/mol. The van der Waals surface area contributed by atoms with E-state index >= 15 is 0 Å². The maximum absolute atomic E-state index is 12.8. The van der Waals surface area contributed by atoms with Gasteiger partial charge in [-0.25, -0.2) is 0 Å². The summed E-state index contributed by atoms with van der Waals surface area (Å²) < 4.78 is 5.46. The van der Waals surface area contributed by atoms with Crippen LogP contribution < -0.4 is 0 Å². The predicted octanol–water partition coefficient (Wildman–Crippen LogP) is 2.34. The third kappa shape index (κ3) is 1.42. The molecule has 0 saturated carbocycles. The van der Waals surface area contributed by atoms with Gasteiger partial charge in [0, 0.05) is 11.6 Å². The molecule has 4 nitrogen and oxygen atoms in total. The van der Waals surface area contributed by atoms with Gasteiger partial charge in [-0.1, -0.05) is 18.2 Å². The van der Waals surface area contributed by atoms with Gasteiger partial charge < -0.3 is 9.64 Å². The first-order valence-corrected chi connectivity index (χ1v) is 7.02. The monoisotopic (exact) mass is 273 g/mol. The average Bonchev–Trinajstić information content (AvgIpc) is 2.60. The number of carbonyl (C=O) groups excluding carboxylic acids is 2. The van der Waals surface area contributed by atoms with Crippen LogP contribution in [0, 0.1) is 0 Å². The van der Waals surface area contributed by atoms with E-state index in [1.54, 1.807) is 6.07 Å². The van der Waals surface area contributed by atoms with Gasteiger partial charge in [0.05, 0.1) is 5.54 Å². The molecule has 4 heteroatoms. The summed E-state index contributed by atoms with van der Waals surface area (Å²) in [6.07, 6.45) is -0.306. The number of cyclic esters (lactones) is 1. The van der Waals surface area contributed by atoms with Crippen molar-refractivity contribution in [3.63, 3.8) is 0 Å². The van der Waals surface area contributed by atoms with Crippen molar-refractivity contribution in [2.75, 3.05) is 0 Å². The van der Waals surface area contributed by atoms with E-state index < -0.39 is 11.5 Å². The van der Waals surface area contributed by atoms with Crippen LogP contribution in [-0.2, 0) is 9.53 Å². The molecule has 2 heterocycles. The summed E-state index contributed by atoms with van der Waals surface area (Å²) in [6.45, 7) is 7.78. The minimum atomic E-state index is -0.614. The van der Waals surface area contributed by atoms with Gasteiger partial charge in [-0.2, -0.15) is 0 Å². The van der Waals surface area contributed by atoms with Crippen LogP contribution in [0.1, 0.15) is 49.5 Å². The molecule has 0 N–H and O–H groups in total. The number of amides is 1. The fourth-order valence-corrected chi connectivity index (χ4v) is 3.69. The first-order chi connectivity index (χ1) is 9.39. The smallest absolute Gasteiger partial charge is 0.316 e. The number of carbonyl (C=O) groups is 2. The van der Waals surface area contributed by atoms with Crippen LogP contribution in [0.15, 0.2) is 24.3 Å². The SMILES string of the molecule is CC(C)N1C(=O)c2ccccc2[C@@H]2C(=O)O[C@@H](C)[C@@]21C. The fraction of sp³-hybridized carbons (Fsp3) is 0.500. The lowest BCUT2D eigenvalue weighted by Gasteiger charge is -2.48. The van der Waals surface area contributed by atoms with E-state index in [0.717, 1.165) is 5.56 Å². The highest BCUT2D eigenvalue weighted by molar-refractivity contribution is 6.02. The number of rotatable bonds is 1. The van der Waals surface area contributed by atoms with E-state index in [-0.39, 0.29) is 24.0 Å². The topological polar surface area (TPSA) is 46.6 Å². The van der Waals surface area contributed by atoms with Crippen molar-refractivity contribution in [3.05, 3.63) is 35.4 Å². The molecule has 3 atom stereocenters.